The van der Waals surface area contributed by atoms with E-state index in [0.29, 0.717) is 16.9 Å². The van der Waals surface area contributed by atoms with Crippen LogP contribution in [0.4, 0.5) is 17.2 Å². The fraction of sp³-hybridized carbons (Fsp3) is 0.273. The van der Waals surface area contributed by atoms with Gasteiger partial charge in [-0.15, -0.1) is 10.2 Å². The summed E-state index contributed by atoms with van der Waals surface area (Å²) in [5.74, 6) is 0.846. The molecule has 4 rings (SSSR count). The summed E-state index contributed by atoms with van der Waals surface area (Å²) in [6.45, 7) is 1.95. The third-order valence-corrected chi connectivity index (χ3v) is 6.71. The summed E-state index contributed by atoms with van der Waals surface area (Å²) in [6, 6.07) is 15.5. The Morgan fingerprint density at radius 2 is 1.66 bits per heavy atom. The fourth-order valence-electron chi connectivity index (χ4n) is 3.67. The molecule has 2 heterocycles. The molecule has 32 heavy (non-hydrogen) atoms. The average molecular weight is 454 g/mol. The van der Waals surface area contributed by atoms with Crippen molar-refractivity contribution in [3.8, 4) is 11.3 Å². The smallest absolute Gasteiger partial charge is 0.270 e. The maximum absolute atomic E-state index is 12.7. The zero-order valence-corrected chi connectivity index (χ0v) is 18.2. The van der Waals surface area contributed by atoms with Crippen LogP contribution in [-0.4, -0.2) is 36.6 Å². The highest BCUT2D eigenvalue weighted by atomic mass is 32.2. The van der Waals surface area contributed by atoms with Crippen molar-refractivity contribution in [1.82, 2.24) is 10.2 Å². The molecule has 2 aromatic carbocycles. The van der Waals surface area contributed by atoms with Crippen molar-refractivity contribution in [2.75, 3.05) is 22.7 Å². The molecule has 0 unspecified atom stereocenters. The number of hydrogen-bond donors (Lipinski definition) is 1. The second-order valence-electron chi connectivity index (χ2n) is 7.62. The van der Waals surface area contributed by atoms with Crippen molar-refractivity contribution in [2.24, 2.45) is 0 Å². The summed E-state index contributed by atoms with van der Waals surface area (Å²) in [5.41, 5.74) is 1.37. The number of nitrogens with zero attached hydrogens (tertiary/aromatic N) is 4. The lowest BCUT2D eigenvalue weighted by Gasteiger charge is -2.20. The maximum Gasteiger partial charge on any atom is 0.270 e. The monoisotopic (exact) mass is 453 g/mol. The van der Waals surface area contributed by atoms with E-state index < -0.39 is 14.9 Å². The Bertz CT molecular complexity index is 1210. The molecule has 1 fully saturated rings. The van der Waals surface area contributed by atoms with Crippen LogP contribution in [0.25, 0.3) is 11.3 Å². The minimum Gasteiger partial charge on any atom is -0.355 e. The van der Waals surface area contributed by atoms with Crippen molar-refractivity contribution in [3.05, 3.63) is 70.8 Å². The number of nitrogens with one attached hydrogen (secondary N) is 1. The van der Waals surface area contributed by atoms with Gasteiger partial charge in [-0.25, -0.2) is 8.42 Å². The van der Waals surface area contributed by atoms with Gasteiger partial charge < -0.3 is 4.90 Å². The number of aromatic nitrogens is 2. The zero-order valence-electron chi connectivity index (χ0n) is 17.3. The average Bonchev–Trinajstić information content (AvgIpc) is 3.09. The van der Waals surface area contributed by atoms with Gasteiger partial charge in [0.05, 0.1) is 15.5 Å². The summed E-state index contributed by atoms with van der Waals surface area (Å²) < 4.78 is 27.9. The predicted octanol–water partition coefficient (Wildman–Crippen LogP) is 4.23. The number of non-ortho nitro benzene ring substituents is 1. The van der Waals surface area contributed by atoms with Crippen LogP contribution in [0.3, 0.4) is 0 Å². The number of nitro benzene ring substituents is 1. The van der Waals surface area contributed by atoms with E-state index in [1.54, 1.807) is 18.2 Å². The van der Waals surface area contributed by atoms with Crippen LogP contribution < -0.4 is 9.62 Å². The molecule has 0 atom stereocenters. The first-order valence-electron chi connectivity index (χ1n) is 10.4. The molecule has 1 aromatic heterocycles. The number of hydrogen-bond acceptors (Lipinski definition) is 7. The number of sulfonamides is 1. The van der Waals surface area contributed by atoms with Gasteiger partial charge in [-0.05, 0) is 43.2 Å². The molecule has 1 N–H and O–H groups in total. The van der Waals surface area contributed by atoms with Gasteiger partial charge in [-0.3, -0.25) is 14.8 Å². The molecule has 0 saturated carbocycles. The van der Waals surface area contributed by atoms with Gasteiger partial charge >= 0.3 is 0 Å². The molecule has 1 aliphatic heterocycles. The highest BCUT2D eigenvalue weighted by Gasteiger charge is 2.18. The normalized spacial score (nSPS) is 14.6. The molecule has 1 aliphatic rings. The summed E-state index contributed by atoms with van der Waals surface area (Å²) in [6.07, 6.45) is 4.77. The van der Waals surface area contributed by atoms with Gasteiger partial charge in [0.1, 0.15) is 0 Å². The number of anilines is 2. The molecule has 166 valence electrons. The Morgan fingerprint density at radius 3 is 2.34 bits per heavy atom. The lowest BCUT2D eigenvalue weighted by atomic mass is 10.1. The van der Waals surface area contributed by atoms with E-state index >= 15 is 0 Å². The second kappa shape index (κ2) is 9.31. The van der Waals surface area contributed by atoms with Gasteiger partial charge in [0.15, 0.2) is 5.82 Å². The van der Waals surface area contributed by atoms with Crippen LogP contribution in [0, 0.1) is 10.1 Å². The number of rotatable bonds is 6. The first-order chi connectivity index (χ1) is 15.4. The summed E-state index contributed by atoms with van der Waals surface area (Å²) in [4.78, 5) is 12.4. The minimum absolute atomic E-state index is 0.182. The van der Waals surface area contributed by atoms with Crippen molar-refractivity contribution >= 4 is 27.2 Å². The molecule has 0 aliphatic carbocycles. The highest BCUT2D eigenvalue weighted by Crippen LogP contribution is 2.25. The van der Waals surface area contributed by atoms with Gasteiger partial charge in [0, 0.05) is 36.5 Å². The molecule has 10 heteroatoms. The molecule has 0 bridgehead atoms. The van der Waals surface area contributed by atoms with Crippen LogP contribution in [0.2, 0.25) is 0 Å². The fourth-order valence-corrected chi connectivity index (χ4v) is 4.76. The Balaban J connectivity index is 1.53. The lowest BCUT2D eigenvalue weighted by molar-refractivity contribution is -0.385. The van der Waals surface area contributed by atoms with Crippen molar-refractivity contribution < 1.29 is 13.3 Å². The third-order valence-electron chi connectivity index (χ3n) is 5.33. The van der Waals surface area contributed by atoms with Gasteiger partial charge in [-0.2, -0.15) is 0 Å². The molecule has 3 aromatic rings. The largest absolute Gasteiger partial charge is 0.355 e. The quantitative estimate of drug-likeness (QED) is 0.438. The van der Waals surface area contributed by atoms with E-state index in [4.69, 9.17) is 0 Å². The van der Waals surface area contributed by atoms with E-state index in [9.17, 15) is 18.5 Å². The molecular formula is C22H23N5O4S. The van der Waals surface area contributed by atoms with Crippen LogP contribution in [0.5, 0.6) is 0 Å². The number of nitro groups is 1. The molecule has 0 amide bonds. The first-order valence-corrected chi connectivity index (χ1v) is 11.9. The Hall–Kier alpha value is -3.53. The molecule has 0 spiro atoms. The van der Waals surface area contributed by atoms with Crippen LogP contribution >= 0.6 is 0 Å². The zero-order chi connectivity index (χ0) is 22.6. The Morgan fingerprint density at radius 1 is 0.906 bits per heavy atom. The van der Waals surface area contributed by atoms with Crippen molar-refractivity contribution in [1.29, 1.82) is 0 Å². The van der Waals surface area contributed by atoms with Gasteiger partial charge in [-0.1, -0.05) is 31.0 Å². The van der Waals surface area contributed by atoms with Crippen LogP contribution in [0.15, 0.2) is 65.6 Å². The summed E-state index contributed by atoms with van der Waals surface area (Å²) in [5, 5.41) is 19.7. The van der Waals surface area contributed by atoms with Crippen LogP contribution in [-0.2, 0) is 10.0 Å². The number of benzene rings is 2. The van der Waals surface area contributed by atoms with Crippen molar-refractivity contribution in [2.45, 2.75) is 30.6 Å². The van der Waals surface area contributed by atoms with E-state index in [1.807, 2.05) is 18.2 Å². The molecular weight excluding hydrogens is 430 g/mol. The minimum atomic E-state index is -3.99. The Labute approximate surface area is 186 Å². The van der Waals surface area contributed by atoms with Gasteiger partial charge in [0.25, 0.3) is 15.7 Å². The first kappa shape index (κ1) is 21.7. The Kier molecular flexibility index (Phi) is 6.31. The standard InChI is InChI=1S/C22H23N5O4S/c28-27(29)19-9-6-10-20(16-19)32(30,31)25-18-8-5-7-17(15-18)21-11-12-22(24-23-21)26-13-3-1-2-4-14-26/h5-12,15-16,25H,1-4,13-14H2. The second-order valence-corrected chi connectivity index (χ2v) is 9.30. The van der Waals surface area contributed by atoms with Crippen molar-refractivity contribution in [3.63, 3.8) is 0 Å². The van der Waals surface area contributed by atoms with Gasteiger partial charge in [0.2, 0.25) is 0 Å². The SMILES string of the molecule is O=[N+]([O-])c1cccc(S(=O)(=O)Nc2cccc(-c3ccc(N4CCCCCC4)nn3)c2)c1. The molecule has 9 nitrogen and oxygen atoms in total. The molecule has 1 saturated heterocycles. The lowest BCUT2D eigenvalue weighted by Crippen LogP contribution is -2.25. The van der Waals surface area contributed by atoms with E-state index in [2.05, 4.69) is 19.8 Å². The highest BCUT2D eigenvalue weighted by molar-refractivity contribution is 7.92. The summed E-state index contributed by atoms with van der Waals surface area (Å²) >= 11 is 0. The topological polar surface area (TPSA) is 118 Å². The maximum atomic E-state index is 12.7. The van der Waals surface area contributed by atoms with E-state index in [1.165, 1.54) is 31.0 Å². The summed E-state index contributed by atoms with van der Waals surface area (Å²) in [7, 11) is -3.99. The predicted molar refractivity (Wildman–Crippen MR) is 122 cm³/mol. The van der Waals surface area contributed by atoms with E-state index in [0.717, 1.165) is 37.8 Å². The molecule has 0 radical (unpaired) electrons. The van der Waals surface area contributed by atoms with E-state index in [-0.39, 0.29) is 10.6 Å². The third kappa shape index (κ3) is 5.02. The van der Waals surface area contributed by atoms with Crippen LogP contribution in [0.1, 0.15) is 25.7 Å².